The van der Waals surface area contributed by atoms with Crippen LogP contribution < -0.4 is 5.32 Å². The summed E-state index contributed by atoms with van der Waals surface area (Å²) in [4.78, 5) is 0. The third kappa shape index (κ3) is 4.34. The van der Waals surface area contributed by atoms with Crippen molar-refractivity contribution >= 4 is 23.2 Å². The van der Waals surface area contributed by atoms with E-state index in [4.69, 9.17) is 23.2 Å². The Hall–Kier alpha value is -0.310. The summed E-state index contributed by atoms with van der Waals surface area (Å²) in [6, 6.07) is 2.95. The van der Waals surface area contributed by atoms with Gasteiger partial charge >= 0.3 is 0 Å². The monoisotopic (exact) mass is 317 g/mol. The molecule has 1 aliphatic carbocycles. The lowest BCUT2D eigenvalue weighted by Crippen LogP contribution is -2.23. The predicted octanol–water partition coefficient (Wildman–Crippen LogP) is 5.75. The second-order valence-corrected chi connectivity index (χ2v) is 6.57. The van der Waals surface area contributed by atoms with Crippen LogP contribution in [0.4, 0.5) is 4.39 Å². The fourth-order valence-corrected chi connectivity index (χ4v) is 3.51. The lowest BCUT2D eigenvalue weighted by atomic mass is 9.87. The van der Waals surface area contributed by atoms with Gasteiger partial charge in [0, 0.05) is 11.1 Å². The third-order valence-electron chi connectivity index (χ3n) is 4.23. The van der Waals surface area contributed by atoms with Crippen LogP contribution in [0.5, 0.6) is 0 Å². The highest BCUT2D eigenvalue weighted by Crippen LogP contribution is 2.29. The maximum Gasteiger partial charge on any atom is 0.142 e. The first-order chi connectivity index (χ1) is 9.58. The molecule has 2 rings (SSSR count). The fraction of sp³-hybridized carbons (Fsp3) is 0.625. The largest absolute Gasteiger partial charge is 0.310 e. The van der Waals surface area contributed by atoms with Crippen LogP contribution in [0.3, 0.4) is 0 Å². The SMILES string of the molecule is CC(NCCC1CCCCC1)c1cc(F)c(Cl)cc1Cl. The molecule has 0 bridgehead atoms. The summed E-state index contributed by atoms with van der Waals surface area (Å²) >= 11 is 11.8. The van der Waals surface area contributed by atoms with Crippen LogP contribution in [-0.2, 0) is 0 Å². The second-order valence-electron chi connectivity index (χ2n) is 5.76. The van der Waals surface area contributed by atoms with Crippen molar-refractivity contribution in [2.75, 3.05) is 6.54 Å². The quantitative estimate of drug-likeness (QED) is 0.681. The van der Waals surface area contributed by atoms with Gasteiger partial charge in [0.15, 0.2) is 0 Å². The molecule has 1 atom stereocenters. The molecule has 1 aromatic carbocycles. The first-order valence-electron chi connectivity index (χ1n) is 7.45. The molecule has 0 heterocycles. The minimum Gasteiger partial charge on any atom is -0.310 e. The molecule has 0 aliphatic heterocycles. The number of benzene rings is 1. The third-order valence-corrected chi connectivity index (χ3v) is 4.85. The van der Waals surface area contributed by atoms with E-state index in [1.807, 2.05) is 6.92 Å². The normalized spacial score (nSPS) is 18.2. The Kier molecular flexibility index (Phi) is 6.13. The standard InChI is InChI=1S/C16H22Cl2FN/c1-11(13-9-16(19)15(18)10-14(13)17)20-8-7-12-5-3-2-4-6-12/h9-12,20H,2-8H2,1H3. The van der Waals surface area contributed by atoms with Gasteiger partial charge in [-0.25, -0.2) is 4.39 Å². The molecule has 1 aliphatic rings. The average molecular weight is 318 g/mol. The summed E-state index contributed by atoms with van der Waals surface area (Å²) in [5.74, 6) is 0.438. The Bertz CT molecular complexity index is 444. The zero-order chi connectivity index (χ0) is 14.5. The molecule has 0 amide bonds. The van der Waals surface area contributed by atoms with Crippen LogP contribution in [0.25, 0.3) is 0 Å². The van der Waals surface area contributed by atoms with Gasteiger partial charge in [-0.1, -0.05) is 55.3 Å². The van der Waals surface area contributed by atoms with Gasteiger partial charge in [-0.15, -0.1) is 0 Å². The molecule has 20 heavy (non-hydrogen) atoms. The van der Waals surface area contributed by atoms with Gasteiger partial charge in [-0.2, -0.15) is 0 Å². The van der Waals surface area contributed by atoms with Gasteiger partial charge in [-0.3, -0.25) is 0 Å². The topological polar surface area (TPSA) is 12.0 Å². The molecular weight excluding hydrogens is 296 g/mol. The zero-order valence-electron chi connectivity index (χ0n) is 11.9. The van der Waals surface area contributed by atoms with Crippen molar-refractivity contribution in [3.8, 4) is 0 Å². The summed E-state index contributed by atoms with van der Waals surface area (Å²) in [6.45, 7) is 2.96. The lowest BCUT2D eigenvalue weighted by molar-refractivity contribution is 0.329. The van der Waals surface area contributed by atoms with Crippen molar-refractivity contribution in [1.82, 2.24) is 5.32 Å². The Morgan fingerprint density at radius 3 is 2.60 bits per heavy atom. The van der Waals surface area contributed by atoms with Crippen molar-refractivity contribution in [2.45, 2.75) is 51.5 Å². The second kappa shape index (κ2) is 7.63. The summed E-state index contributed by atoms with van der Waals surface area (Å²) < 4.78 is 13.5. The van der Waals surface area contributed by atoms with Gasteiger partial charge < -0.3 is 5.32 Å². The van der Waals surface area contributed by atoms with Crippen LogP contribution in [0.2, 0.25) is 10.0 Å². The van der Waals surface area contributed by atoms with E-state index in [1.54, 1.807) is 0 Å². The summed E-state index contributed by atoms with van der Waals surface area (Å²) in [5.41, 5.74) is 0.775. The van der Waals surface area contributed by atoms with E-state index in [9.17, 15) is 4.39 Å². The van der Waals surface area contributed by atoms with E-state index < -0.39 is 5.82 Å². The molecule has 1 aromatic rings. The average Bonchev–Trinajstić information content (AvgIpc) is 2.44. The Balaban J connectivity index is 1.85. The first-order valence-corrected chi connectivity index (χ1v) is 8.21. The van der Waals surface area contributed by atoms with Crippen LogP contribution >= 0.6 is 23.2 Å². The van der Waals surface area contributed by atoms with Crippen LogP contribution in [0.15, 0.2) is 12.1 Å². The highest BCUT2D eigenvalue weighted by atomic mass is 35.5. The molecule has 1 unspecified atom stereocenters. The van der Waals surface area contributed by atoms with Gasteiger partial charge in [0.2, 0.25) is 0 Å². The highest BCUT2D eigenvalue weighted by Gasteiger charge is 2.15. The Labute approximate surface area is 130 Å². The van der Waals surface area contributed by atoms with Gasteiger partial charge in [0.1, 0.15) is 5.82 Å². The molecule has 1 nitrogen and oxygen atoms in total. The Morgan fingerprint density at radius 2 is 1.90 bits per heavy atom. The number of rotatable bonds is 5. The molecular formula is C16H22Cl2FN. The van der Waals surface area contributed by atoms with Gasteiger partial charge in [0.25, 0.3) is 0 Å². The number of hydrogen-bond donors (Lipinski definition) is 1. The summed E-state index contributed by atoms with van der Waals surface area (Å²) in [7, 11) is 0. The number of hydrogen-bond acceptors (Lipinski definition) is 1. The molecule has 0 radical (unpaired) electrons. The minimum absolute atomic E-state index is 0.0397. The van der Waals surface area contributed by atoms with Crippen LogP contribution in [0, 0.1) is 11.7 Å². The van der Waals surface area contributed by atoms with Crippen molar-refractivity contribution in [3.63, 3.8) is 0 Å². The van der Waals surface area contributed by atoms with Gasteiger partial charge in [0.05, 0.1) is 5.02 Å². The van der Waals surface area contributed by atoms with Crippen molar-refractivity contribution in [3.05, 3.63) is 33.6 Å². The van der Waals surface area contributed by atoms with E-state index in [1.165, 1.54) is 50.7 Å². The molecule has 112 valence electrons. The first kappa shape index (κ1) is 16.1. The maximum atomic E-state index is 13.5. The van der Waals surface area contributed by atoms with E-state index in [-0.39, 0.29) is 11.1 Å². The molecule has 4 heteroatoms. The highest BCUT2D eigenvalue weighted by molar-refractivity contribution is 6.35. The zero-order valence-corrected chi connectivity index (χ0v) is 13.4. The predicted molar refractivity (Wildman–Crippen MR) is 84.0 cm³/mol. The molecule has 1 saturated carbocycles. The number of halogens is 3. The van der Waals surface area contributed by atoms with Crippen molar-refractivity contribution in [1.29, 1.82) is 0 Å². The molecule has 0 aromatic heterocycles. The maximum absolute atomic E-state index is 13.5. The van der Waals surface area contributed by atoms with E-state index in [0.717, 1.165) is 18.0 Å². The Morgan fingerprint density at radius 1 is 1.20 bits per heavy atom. The smallest absolute Gasteiger partial charge is 0.142 e. The summed E-state index contributed by atoms with van der Waals surface area (Å²) in [5, 5.41) is 4.04. The summed E-state index contributed by atoms with van der Waals surface area (Å²) in [6.07, 6.45) is 8.03. The molecule has 0 saturated heterocycles. The molecule has 1 N–H and O–H groups in total. The van der Waals surface area contributed by atoms with E-state index in [0.29, 0.717) is 5.02 Å². The van der Waals surface area contributed by atoms with Crippen LogP contribution in [0.1, 0.15) is 57.1 Å². The van der Waals surface area contributed by atoms with Gasteiger partial charge in [-0.05, 0) is 43.5 Å². The lowest BCUT2D eigenvalue weighted by Gasteiger charge is -2.23. The van der Waals surface area contributed by atoms with Crippen molar-refractivity contribution in [2.24, 2.45) is 5.92 Å². The minimum atomic E-state index is -0.410. The fourth-order valence-electron chi connectivity index (χ4n) is 2.96. The number of nitrogens with one attached hydrogen (secondary N) is 1. The van der Waals surface area contributed by atoms with E-state index >= 15 is 0 Å². The van der Waals surface area contributed by atoms with Crippen LogP contribution in [-0.4, -0.2) is 6.54 Å². The molecule has 1 fully saturated rings. The molecule has 0 spiro atoms. The van der Waals surface area contributed by atoms with E-state index in [2.05, 4.69) is 5.32 Å². The van der Waals surface area contributed by atoms with Crippen molar-refractivity contribution < 1.29 is 4.39 Å².